The number of benzene rings is 3. The lowest BCUT2D eigenvalue weighted by Crippen LogP contribution is -2.13. The molecule has 1 amide bonds. The maximum atomic E-state index is 13.4. The summed E-state index contributed by atoms with van der Waals surface area (Å²) in [6, 6.07) is 19.1. The van der Waals surface area contributed by atoms with Crippen molar-refractivity contribution in [3.8, 4) is 22.8 Å². The highest BCUT2D eigenvalue weighted by Crippen LogP contribution is 2.36. The lowest BCUT2D eigenvalue weighted by molar-refractivity contribution is 0.0526. The third-order valence-electron chi connectivity index (χ3n) is 5.13. The predicted octanol–water partition coefficient (Wildman–Crippen LogP) is 5.55. The predicted molar refractivity (Wildman–Crippen MR) is 125 cm³/mol. The smallest absolute Gasteiger partial charge is 0.338 e. The first-order valence-corrected chi connectivity index (χ1v) is 10.4. The minimum Gasteiger partial charge on any atom is -0.497 e. The quantitative estimate of drug-likeness (QED) is 0.376. The topological polar surface area (TPSA) is 87.0 Å². The molecule has 1 heterocycles. The van der Waals surface area contributed by atoms with Gasteiger partial charge in [-0.3, -0.25) is 4.79 Å². The fourth-order valence-electron chi connectivity index (χ4n) is 3.47. The molecule has 0 saturated heterocycles. The molecule has 0 radical (unpaired) electrons. The molecule has 7 heteroatoms. The van der Waals surface area contributed by atoms with Crippen molar-refractivity contribution >= 4 is 28.5 Å². The highest BCUT2D eigenvalue weighted by Gasteiger charge is 2.23. The van der Waals surface area contributed by atoms with Crippen molar-refractivity contribution in [1.29, 1.82) is 0 Å². The first kappa shape index (κ1) is 22.0. The third kappa shape index (κ3) is 4.52. The summed E-state index contributed by atoms with van der Waals surface area (Å²) in [5.74, 6) is 0.977. The largest absolute Gasteiger partial charge is 0.497 e. The van der Waals surface area contributed by atoms with E-state index in [2.05, 4.69) is 5.32 Å². The van der Waals surface area contributed by atoms with Crippen molar-refractivity contribution in [3.63, 3.8) is 0 Å². The van der Waals surface area contributed by atoms with Gasteiger partial charge in [-0.05, 0) is 73.7 Å². The van der Waals surface area contributed by atoms with Crippen LogP contribution in [0, 0.1) is 0 Å². The molecule has 0 atom stereocenters. The van der Waals surface area contributed by atoms with Gasteiger partial charge >= 0.3 is 5.97 Å². The molecule has 0 aliphatic rings. The zero-order valence-electron chi connectivity index (χ0n) is 18.5. The van der Waals surface area contributed by atoms with E-state index in [1.54, 1.807) is 75.7 Å². The van der Waals surface area contributed by atoms with E-state index >= 15 is 0 Å². The van der Waals surface area contributed by atoms with Gasteiger partial charge in [-0.15, -0.1) is 0 Å². The summed E-state index contributed by atoms with van der Waals surface area (Å²) in [4.78, 5) is 25.3. The number of anilines is 1. The van der Waals surface area contributed by atoms with E-state index in [0.29, 0.717) is 51.6 Å². The molecule has 7 nitrogen and oxygen atoms in total. The average Bonchev–Trinajstić information content (AvgIpc) is 3.23. The summed E-state index contributed by atoms with van der Waals surface area (Å²) in [7, 11) is 3.16. The van der Waals surface area contributed by atoms with E-state index in [4.69, 9.17) is 18.6 Å². The van der Waals surface area contributed by atoms with E-state index in [9.17, 15) is 9.59 Å². The first-order chi connectivity index (χ1) is 16.0. The first-order valence-electron chi connectivity index (χ1n) is 10.4. The third-order valence-corrected chi connectivity index (χ3v) is 5.13. The second-order valence-corrected chi connectivity index (χ2v) is 7.15. The van der Waals surface area contributed by atoms with E-state index in [1.807, 2.05) is 12.1 Å². The van der Waals surface area contributed by atoms with E-state index in [-0.39, 0.29) is 5.91 Å². The van der Waals surface area contributed by atoms with Gasteiger partial charge in [-0.1, -0.05) is 0 Å². The molecule has 168 valence electrons. The standard InChI is InChI=1S/C26H23NO6/c1-4-32-26(29)17-5-9-18(10-6-17)27-25(28)23-21-15-20(31-3)13-14-22(21)33-24(23)16-7-11-19(30-2)12-8-16/h5-15H,4H2,1-3H3,(H,27,28). The number of ether oxygens (including phenoxy) is 3. The van der Waals surface area contributed by atoms with Crippen LogP contribution in [0.15, 0.2) is 71.1 Å². The lowest BCUT2D eigenvalue weighted by atomic mass is 10.0. The van der Waals surface area contributed by atoms with Crippen LogP contribution in [-0.4, -0.2) is 32.7 Å². The van der Waals surface area contributed by atoms with E-state index in [1.165, 1.54) is 0 Å². The van der Waals surface area contributed by atoms with Gasteiger partial charge in [0.05, 0.1) is 32.0 Å². The number of fused-ring (bicyclic) bond motifs is 1. The van der Waals surface area contributed by atoms with Gasteiger partial charge in [-0.25, -0.2) is 4.79 Å². The van der Waals surface area contributed by atoms with Crippen LogP contribution in [0.2, 0.25) is 0 Å². The SMILES string of the molecule is CCOC(=O)c1ccc(NC(=O)c2c(-c3ccc(OC)cc3)oc3ccc(OC)cc23)cc1. The monoisotopic (exact) mass is 445 g/mol. The van der Waals surface area contributed by atoms with Crippen molar-refractivity contribution in [1.82, 2.24) is 0 Å². The maximum Gasteiger partial charge on any atom is 0.338 e. The molecule has 1 aromatic heterocycles. The van der Waals surface area contributed by atoms with Crippen LogP contribution in [-0.2, 0) is 4.74 Å². The van der Waals surface area contributed by atoms with Crippen LogP contribution in [0.25, 0.3) is 22.3 Å². The van der Waals surface area contributed by atoms with Gasteiger partial charge < -0.3 is 23.9 Å². The van der Waals surface area contributed by atoms with E-state index < -0.39 is 5.97 Å². The van der Waals surface area contributed by atoms with Crippen molar-refractivity contribution in [2.75, 3.05) is 26.1 Å². The summed E-state index contributed by atoms with van der Waals surface area (Å²) in [5.41, 5.74) is 2.61. The molecule has 0 spiro atoms. The Bertz CT molecular complexity index is 1290. The molecular weight excluding hydrogens is 422 g/mol. The number of rotatable bonds is 7. The highest BCUT2D eigenvalue weighted by atomic mass is 16.5. The molecule has 0 unspecified atom stereocenters. The molecular formula is C26H23NO6. The number of carbonyl (C=O) groups is 2. The number of hydrogen-bond acceptors (Lipinski definition) is 6. The Morgan fingerprint density at radius 2 is 1.55 bits per heavy atom. The van der Waals surface area contributed by atoms with Crippen LogP contribution in [0.3, 0.4) is 0 Å². The summed E-state index contributed by atoms with van der Waals surface area (Å²) in [5, 5.41) is 3.51. The van der Waals surface area contributed by atoms with Gasteiger partial charge in [0.15, 0.2) is 0 Å². The summed E-state index contributed by atoms with van der Waals surface area (Å²) >= 11 is 0. The number of amides is 1. The van der Waals surface area contributed by atoms with Crippen molar-refractivity contribution in [2.24, 2.45) is 0 Å². The van der Waals surface area contributed by atoms with Crippen LogP contribution in [0.4, 0.5) is 5.69 Å². The van der Waals surface area contributed by atoms with Crippen molar-refractivity contribution in [2.45, 2.75) is 6.92 Å². The minimum atomic E-state index is -0.412. The molecule has 33 heavy (non-hydrogen) atoms. The number of methoxy groups -OCH3 is 2. The fourth-order valence-corrected chi connectivity index (χ4v) is 3.47. The Morgan fingerprint density at radius 3 is 2.18 bits per heavy atom. The van der Waals surface area contributed by atoms with Crippen LogP contribution >= 0.6 is 0 Å². The molecule has 4 aromatic rings. The highest BCUT2D eigenvalue weighted by molar-refractivity contribution is 6.16. The van der Waals surface area contributed by atoms with Crippen molar-refractivity contribution < 1.29 is 28.2 Å². The number of nitrogens with one attached hydrogen (secondary N) is 1. The molecule has 0 bridgehead atoms. The summed E-state index contributed by atoms with van der Waals surface area (Å²) < 4.78 is 21.7. The van der Waals surface area contributed by atoms with Gasteiger partial charge in [0.25, 0.3) is 5.91 Å². The normalized spacial score (nSPS) is 10.6. The molecule has 3 aromatic carbocycles. The van der Waals surface area contributed by atoms with Gasteiger partial charge in [0.2, 0.25) is 0 Å². The average molecular weight is 445 g/mol. The molecule has 0 aliphatic carbocycles. The molecule has 1 N–H and O–H groups in total. The molecule has 0 aliphatic heterocycles. The summed E-state index contributed by atoms with van der Waals surface area (Å²) in [6.45, 7) is 2.04. The van der Waals surface area contributed by atoms with Gasteiger partial charge in [0.1, 0.15) is 22.8 Å². The second-order valence-electron chi connectivity index (χ2n) is 7.15. The van der Waals surface area contributed by atoms with E-state index in [0.717, 1.165) is 5.56 Å². The van der Waals surface area contributed by atoms with Crippen LogP contribution in [0.1, 0.15) is 27.6 Å². The Balaban J connectivity index is 1.72. The van der Waals surface area contributed by atoms with Gasteiger partial charge in [0, 0.05) is 16.6 Å². The Morgan fingerprint density at radius 1 is 0.879 bits per heavy atom. The Hall–Kier alpha value is -4.26. The summed E-state index contributed by atoms with van der Waals surface area (Å²) in [6.07, 6.45) is 0. The zero-order chi connectivity index (χ0) is 23.4. The molecule has 4 rings (SSSR count). The van der Waals surface area contributed by atoms with Crippen LogP contribution < -0.4 is 14.8 Å². The lowest BCUT2D eigenvalue weighted by Gasteiger charge is -2.08. The number of hydrogen-bond donors (Lipinski definition) is 1. The van der Waals surface area contributed by atoms with Crippen LogP contribution in [0.5, 0.6) is 11.5 Å². The van der Waals surface area contributed by atoms with Crippen molar-refractivity contribution in [3.05, 3.63) is 77.9 Å². The minimum absolute atomic E-state index is 0.294. The Kier molecular flexibility index (Phi) is 6.31. The maximum absolute atomic E-state index is 13.4. The molecule has 0 fully saturated rings. The number of esters is 1. The zero-order valence-corrected chi connectivity index (χ0v) is 18.5. The Labute approximate surface area is 190 Å². The fraction of sp³-hybridized carbons (Fsp3) is 0.154. The number of carbonyl (C=O) groups excluding carboxylic acids is 2. The number of furan rings is 1. The van der Waals surface area contributed by atoms with Gasteiger partial charge in [-0.2, -0.15) is 0 Å². The second kappa shape index (κ2) is 9.48. The molecule has 0 saturated carbocycles.